The van der Waals surface area contributed by atoms with Gasteiger partial charge >= 0.3 is 0 Å². The van der Waals surface area contributed by atoms with Gasteiger partial charge in [-0.1, -0.05) is 25.1 Å². The molecule has 0 aliphatic carbocycles. The van der Waals surface area contributed by atoms with Crippen LogP contribution in [0.2, 0.25) is 0 Å². The lowest BCUT2D eigenvalue weighted by atomic mass is 10.2. The Morgan fingerprint density at radius 1 is 1.24 bits per heavy atom. The number of ether oxygens (including phenoxy) is 1. The molecule has 3 rings (SSSR count). The van der Waals surface area contributed by atoms with Crippen molar-refractivity contribution >= 4 is 34.6 Å². The normalized spacial score (nSPS) is 17.1. The van der Waals surface area contributed by atoms with E-state index < -0.39 is 0 Å². The number of aliphatic imine (C=N–C) groups is 1. The summed E-state index contributed by atoms with van der Waals surface area (Å²) in [6, 6.07) is 12.9. The zero-order valence-electron chi connectivity index (χ0n) is 13.9. The second-order valence-corrected chi connectivity index (χ2v) is 6.46. The molecule has 1 saturated heterocycles. The Labute approximate surface area is 150 Å². The quantitative estimate of drug-likeness (QED) is 0.818. The number of amidine groups is 1. The summed E-state index contributed by atoms with van der Waals surface area (Å²) in [4.78, 5) is 17.1. The maximum atomic E-state index is 12.1. The van der Waals surface area contributed by atoms with E-state index in [-0.39, 0.29) is 11.7 Å². The molecule has 6 heteroatoms. The largest absolute Gasteiger partial charge is 0.504 e. The molecule has 2 aromatic carbocycles. The predicted molar refractivity (Wildman–Crippen MR) is 101 cm³/mol. The van der Waals surface area contributed by atoms with Gasteiger partial charge in [-0.05, 0) is 59.7 Å². The third kappa shape index (κ3) is 4.03. The lowest BCUT2D eigenvalue weighted by molar-refractivity contribution is -0.115. The number of aryl methyl sites for hydroxylation is 1. The van der Waals surface area contributed by atoms with E-state index in [1.165, 1.54) is 30.5 Å². The summed E-state index contributed by atoms with van der Waals surface area (Å²) in [5, 5.41) is 13.0. The topological polar surface area (TPSA) is 70.9 Å². The minimum atomic E-state index is -0.194. The van der Waals surface area contributed by atoms with Crippen LogP contribution in [0, 0.1) is 0 Å². The van der Waals surface area contributed by atoms with Gasteiger partial charge in [0.2, 0.25) is 0 Å². The number of hydrogen-bond donors (Lipinski definition) is 2. The van der Waals surface area contributed by atoms with Gasteiger partial charge in [0.1, 0.15) is 0 Å². The van der Waals surface area contributed by atoms with Crippen molar-refractivity contribution in [3.05, 3.63) is 58.5 Å². The average molecular weight is 354 g/mol. The van der Waals surface area contributed by atoms with Crippen molar-refractivity contribution in [1.82, 2.24) is 5.32 Å². The minimum Gasteiger partial charge on any atom is -0.504 e. The van der Waals surface area contributed by atoms with Gasteiger partial charge in [-0.15, -0.1) is 0 Å². The Kier molecular flexibility index (Phi) is 5.09. The van der Waals surface area contributed by atoms with E-state index in [0.717, 1.165) is 17.7 Å². The van der Waals surface area contributed by atoms with E-state index in [1.807, 2.05) is 24.3 Å². The fraction of sp³-hybridized carbons (Fsp3) is 0.158. The fourth-order valence-electron chi connectivity index (χ4n) is 2.34. The van der Waals surface area contributed by atoms with Crippen molar-refractivity contribution in [1.29, 1.82) is 0 Å². The summed E-state index contributed by atoms with van der Waals surface area (Å²) in [6.07, 6.45) is 2.72. The molecule has 0 aromatic heterocycles. The van der Waals surface area contributed by atoms with Crippen LogP contribution in [0.1, 0.15) is 18.1 Å². The van der Waals surface area contributed by atoms with Gasteiger partial charge in [-0.3, -0.25) is 4.79 Å². The average Bonchev–Trinajstić information content (AvgIpc) is 2.96. The highest BCUT2D eigenvalue weighted by Gasteiger charge is 2.23. The van der Waals surface area contributed by atoms with Crippen molar-refractivity contribution < 1.29 is 14.6 Å². The zero-order chi connectivity index (χ0) is 17.8. The molecule has 1 fully saturated rings. The standard InChI is InChI=1S/C19H18N2O3S/c1-3-12-4-7-14(8-5-12)20-19-21-18(23)17(25-19)11-13-6-9-15(22)16(10-13)24-2/h4-11,22H,3H2,1-2H3,(H,20,21,23). The number of nitrogens with zero attached hydrogens (tertiary/aromatic N) is 1. The number of carbonyl (C=O) groups excluding carboxylic acids is 1. The summed E-state index contributed by atoms with van der Waals surface area (Å²) in [5.74, 6) is 0.231. The number of nitrogens with one attached hydrogen (secondary N) is 1. The van der Waals surface area contributed by atoms with Crippen molar-refractivity contribution in [2.75, 3.05) is 7.11 Å². The third-order valence-corrected chi connectivity index (χ3v) is 4.64. The SMILES string of the molecule is CCc1ccc(N=C2NC(=O)C(=Cc3ccc(O)c(OC)c3)S2)cc1. The van der Waals surface area contributed by atoms with Crippen LogP contribution in [-0.2, 0) is 11.2 Å². The highest BCUT2D eigenvalue weighted by Crippen LogP contribution is 2.31. The van der Waals surface area contributed by atoms with E-state index >= 15 is 0 Å². The summed E-state index contributed by atoms with van der Waals surface area (Å²) in [5.41, 5.74) is 2.81. The number of methoxy groups -OCH3 is 1. The molecular weight excluding hydrogens is 336 g/mol. The van der Waals surface area contributed by atoms with Crippen LogP contribution in [0.3, 0.4) is 0 Å². The van der Waals surface area contributed by atoms with Gasteiger partial charge in [-0.2, -0.15) is 0 Å². The first-order valence-electron chi connectivity index (χ1n) is 7.84. The lowest BCUT2D eigenvalue weighted by Gasteiger charge is -2.03. The molecule has 0 atom stereocenters. The Morgan fingerprint density at radius 2 is 2.00 bits per heavy atom. The lowest BCUT2D eigenvalue weighted by Crippen LogP contribution is -2.19. The molecule has 0 unspecified atom stereocenters. The first-order chi connectivity index (χ1) is 12.1. The number of carbonyl (C=O) groups is 1. The molecule has 0 saturated carbocycles. The molecule has 2 aromatic rings. The molecule has 5 nitrogen and oxygen atoms in total. The van der Waals surface area contributed by atoms with Gasteiger partial charge in [0.05, 0.1) is 17.7 Å². The summed E-state index contributed by atoms with van der Waals surface area (Å²) < 4.78 is 5.09. The van der Waals surface area contributed by atoms with Gasteiger partial charge in [0, 0.05) is 0 Å². The zero-order valence-corrected chi connectivity index (χ0v) is 14.8. The van der Waals surface area contributed by atoms with Gasteiger partial charge < -0.3 is 15.2 Å². The molecule has 0 spiro atoms. The van der Waals surface area contributed by atoms with E-state index in [9.17, 15) is 9.90 Å². The number of aromatic hydroxyl groups is 1. The summed E-state index contributed by atoms with van der Waals surface area (Å²) in [6.45, 7) is 2.10. The minimum absolute atomic E-state index is 0.0611. The van der Waals surface area contributed by atoms with Gasteiger partial charge in [-0.25, -0.2) is 4.99 Å². The number of thioether (sulfide) groups is 1. The smallest absolute Gasteiger partial charge is 0.264 e. The van der Waals surface area contributed by atoms with Crippen molar-refractivity contribution in [3.63, 3.8) is 0 Å². The number of amides is 1. The molecule has 1 heterocycles. The van der Waals surface area contributed by atoms with E-state index in [0.29, 0.717) is 15.8 Å². The highest BCUT2D eigenvalue weighted by molar-refractivity contribution is 8.18. The third-order valence-electron chi connectivity index (χ3n) is 3.73. The molecule has 1 aliphatic rings. The highest BCUT2D eigenvalue weighted by atomic mass is 32.2. The van der Waals surface area contributed by atoms with Crippen molar-refractivity contribution in [3.8, 4) is 11.5 Å². The van der Waals surface area contributed by atoms with Crippen LogP contribution >= 0.6 is 11.8 Å². The van der Waals surface area contributed by atoms with Crippen LogP contribution in [0.4, 0.5) is 5.69 Å². The number of phenols is 1. The maximum Gasteiger partial charge on any atom is 0.264 e. The number of benzene rings is 2. The molecule has 0 radical (unpaired) electrons. The number of phenolic OH excluding ortho intramolecular Hbond substituents is 1. The Bertz CT molecular complexity index is 857. The van der Waals surface area contributed by atoms with Crippen LogP contribution in [0.5, 0.6) is 11.5 Å². The molecule has 0 bridgehead atoms. The Hall–Kier alpha value is -2.73. The van der Waals surface area contributed by atoms with Crippen LogP contribution < -0.4 is 10.1 Å². The molecule has 25 heavy (non-hydrogen) atoms. The second-order valence-electron chi connectivity index (χ2n) is 5.43. The van der Waals surface area contributed by atoms with Crippen LogP contribution in [0.15, 0.2) is 52.4 Å². The second kappa shape index (κ2) is 7.44. The summed E-state index contributed by atoms with van der Waals surface area (Å²) >= 11 is 1.28. The molecular formula is C19H18N2O3S. The Morgan fingerprint density at radius 3 is 2.68 bits per heavy atom. The molecule has 2 N–H and O–H groups in total. The first kappa shape index (κ1) is 17.1. The van der Waals surface area contributed by atoms with Gasteiger partial charge in [0.15, 0.2) is 16.7 Å². The predicted octanol–water partition coefficient (Wildman–Crippen LogP) is 3.85. The maximum absolute atomic E-state index is 12.1. The Balaban J connectivity index is 1.80. The first-order valence-corrected chi connectivity index (χ1v) is 8.66. The molecule has 1 aliphatic heterocycles. The van der Waals surface area contributed by atoms with E-state index in [4.69, 9.17) is 4.74 Å². The monoisotopic (exact) mass is 354 g/mol. The van der Waals surface area contributed by atoms with Gasteiger partial charge in [0.25, 0.3) is 5.91 Å². The summed E-state index contributed by atoms with van der Waals surface area (Å²) in [7, 11) is 1.48. The number of hydrogen-bond acceptors (Lipinski definition) is 5. The van der Waals surface area contributed by atoms with Crippen LogP contribution in [-0.4, -0.2) is 23.3 Å². The van der Waals surface area contributed by atoms with E-state index in [2.05, 4.69) is 17.2 Å². The van der Waals surface area contributed by atoms with Crippen molar-refractivity contribution in [2.24, 2.45) is 4.99 Å². The number of rotatable bonds is 4. The van der Waals surface area contributed by atoms with E-state index in [1.54, 1.807) is 18.2 Å². The molecule has 1 amide bonds. The van der Waals surface area contributed by atoms with Crippen LogP contribution in [0.25, 0.3) is 6.08 Å². The van der Waals surface area contributed by atoms with Crippen molar-refractivity contribution in [2.45, 2.75) is 13.3 Å². The molecule has 128 valence electrons. The fourth-order valence-corrected chi connectivity index (χ4v) is 3.18.